The van der Waals surface area contributed by atoms with E-state index in [1.165, 1.54) is 33.1 Å². The highest BCUT2D eigenvalue weighted by Gasteiger charge is 2.28. The van der Waals surface area contributed by atoms with Crippen LogP contribution >= 0.6 is 0 Å². The van der Waals surface area contributed by atoms with Crippen molar-refractivity contribution >= 4 is 36.4 Å². The van der Waals surface area contributed by atoms with Crippen LogP contribution in [-0.4, -0.2) is 62.7 Å². The maximum Gasteiger partial charge on any atom is 0.337 e. The van der Waals surface area contributed by atoms with Crippen molar-refractivity contribution in [3.05, 3.63) is 70.8 Å². The number of carbonyl (C=O) groups excluding carboxylic acids is 4. The number of urea groups is 2. The molecule has 12 heteroatoms. The Morgan fingerprint density at radius 3 is 1.31 bits per heavy atom. The van der Waals surface area contributed by atoms with Gasteiger partial charge < -0.3 is 20.1 Å². The lowest BCUT2D eigenvalue weighted by Gasteiger charge is -2.34. The van der Waals surface area contributed by atoms with Gasteiger partial charge in [0, 0.05) is 12.1 Å². The van der Waals surface area contributed by atoms with Gasteiger partial charge in [-0.2, -0.15) is 10.2 Å². The van der Waals surface area contributed by atoms with Crippen LogP contribution in [0.25, 0.3) is 0 Å². The van der Waals surface area contributed by atoms with Crippen molar-refractivity contribution in [1.82, 2.24) is 21.5 Å². The van der Waals surface area contributed by atoms with E-state index < -0.39 is 11.9 Å². The molecule has 2 aliphatic carbocycles. The third-order valence-corrected chi connectivity index (χ3v) is 8.45. The molecular formula is C33H42N6O6. The molecule has 4 N–H and O–H groups in total. The minimum Gasteiger partial charge on any atom is -0.465 e. The predicted octanol–water partition coefficient (Wildman–Crippen LogP) is 4.73. The third kappa shape index (κ3) is 10.7. The molecule has 0 unspecified atom stereocenters. The van der Waals surface area contributed by atoms with E-state index in [2.05, 4.69) is 41.2 Å². The lowest BCUT2D eigenvalue weighted by Crippen LogP contribution is -2.43. The molecule has 0 aromatic heterocycles. The summed E-state index contributed by atoms with van der Waals surface area (Å²) in [5, 5.41) is 14.0. The summed E-state index contributed by atoms with van der Waals surface area (Å²) in [6.07, 6.45) is 12.4. The molecule has 0 atom stereocenters. The first kappa shape index (κ1) is 33.2. The van der Waals surface area contributed by atoms with Gasteiger partial charge in [-0.05, 0) is 105 Å². The topological polar surface area (TPSA) is 160 Å². The number of methoxy groups -OCH3 is 2. The summed E-state index contributed by atoms with van der Waals surface area (Å²) in [5.41, 5.74) is 7.45. The number of hydrogen-bond donors (Lipinski definition) is 4. The van der Waals surface area contributed by atoms with Gasteiger partial charge >= 0.3 is 24.0 Å². The largest absolute Gasteiger partial charge is 0.465 e. The second-order valence-corrected chi connectivity index (χ2v) is 11.6. The molecule has 240 valence electrons. The van der Waals surface area contributed by atoms with Gasteiger partial charge in [0.1, 0.15) is 0 Å². The van der Waals surface area contributed by atoms with Gasteiger partial charge in [0.15, 0.2) is 0 Å². The number of carbonyl (C=O) groups is 4. The van der Waals surface area contributed by atoms with E-state index in [1.54, 1.807) is 48.5 Å². The van der Waals surface area contributed by atoms with E-state index in [1.807, 2.05) is 0 Å². The Morgan fingerprint density at radius 1 is 0.622 bits per heavy atom. The van der Waals surface area contributed by atoms with Gasteiger partial charge in [-0.15, -0.1) is 0 Å². The number of rotatable bonds is 10. The molecule has 2 aliphatic rings. The predicted molar refractivity (Wildman–Crippen MR) is 170 cm³/mol. The molecule has 4 rings (SSSR count). The minimum atomic E-state index is -0.403. The van der Waals surface area contributed by atoms with Gasteiger partial charge in [-0.25, -0.2) is 30.0 Å². The quantitative estimate of drug-likeness (QED) is 0.171. The standard InChI is InChI=1S/C33H42N6O6/c1-44-30(40)26-11-3-24(4-12-26)20-34-38-32(42)36-28-15-7-22(8-16-28)19-23-9-17-29(18-10-23)37-33(43)39-35-21-25-5-13-27(14-6-25)31(41)45-2/h3-6,11-14,20-23,28-29H,7-10,15-19H2,1-2H3,(H2,36,38,42)(H2,37,39,43)/b34-20-,35-21+. The molecule has 4 amide bonds. The van der Waals surface area contributed by atoms with Crippen molar-refractivity contribution in [2.45, 2.75) is 69.9 Å². The Hall–Kier alpha value is -4.74. The van der Waals surface area contributed by atoms with Crippen molar-refractivity contribution in [2.24, 2.45) is 22.0 Å². The second-order valence-electron chi connectivity index (χ2n) is 11.6. The molecule has 2 saturated carbocycles. The number of nitrogens with zero attached hydrogens (tertiary/aromatic N) is 2. The molecule has 0 aliphatic heterocycles. The lowest BCUT2D eigenvalue weighted by atomic mass is 9.76. The monoisotopic (exact) mass is 618 g/mol. The zero-order valence-electron chi connectivity index (χ0n) is 25.8. The van der Waals surface area contributed by atoms with Gasteiger partial charge in [0.25, 0.3) is 0 Å². The molecule has 0 saturated heterocycles. The van der Waals surface area contributed by atoms with Gasteiger partial charge in [-0.3, -0.25) is 0 Å². The smallest absolute Gasteiger partial charge is 0.337 e. The van der Waals surface area contributed by atoms with Gasteiger partial charge in [0.2, 0.25) is 0 Å². The van der Waals surface area contributed by atoms with Crippen molar-refractivity contribution in [3.63, 3.8) is 0 Å². The number of amides is 4. The normalized spacial score (nSPS) is 21.6. The van der Waals surface area contributed by atoms with Crippen LogP contribution in [0.3, 0.4) is 0 Å². The Kier molecular flexibility index (Phi) is 12.5. The average Bonchev–Trinajstić information content (AvgIpc) is 3.06. The molecule has 2 aromatic rings. The Labute approximate surface area is 263 Å². The number of esters is 2. The van der Waals surface area contributed by atoms with Crippen LogP contribution in [0.15, 0.2) is 58.7 Å². The number of nitrogens with one attached hydrogen (secondary N) is 4. The first-order valence-corrected chi connectivity index (χ1v) is 15.4. The highest BCUT2D eigenvalue weighted by Crippen LogP contribution is 2.35. The molecule has 0 radical (unpaired) electrons. The van der Waals surface area contributed by atoms with Crippen molar-refractivity contribution < 1.29 is 28.7 Å². The first-order valence-electron chi connectivity index (χ1n) is 15.4. The summed E-state index contributed by atoms with van der Waals surface area (Å²) in [6.45, 7) is 0. The van der Waals surface area contributed by atoms with Crippen LogP contribution in [0.4, 0.5) is 9.59 Å². The molecule has 0 spiro atoms. The molecule has 0 bridgehead atoms. The highest BCUT2D eigenvalue weighted by atomic mass is 16.5. The van der Waals surface area contributed by atoms with E-state index in [0.717, 1.165) is 62.5 Å². The van der Waals surface area contributed by atoms with E-state index in [0.29, 0.717) is 23.0 Å². The molecular weight excluding hydrogens is 576 g/mol. The molecule has 2 fully saturated rings. The van der Waals surface area contributed by atoms with E-state index >= 15 is 0 Å². The Morgan fingerprint density at radius 2 is 0.978 bits per heavy atom. The van der Waals surface area contributed by atoms with Crippen molar-refractivity contribution in [2.75, 3.05) is 14.2 Å². The fourth-order valence-electron chi connectivity index (χ4n) is 5.97. The molecule has 45 heavy (non-hydrogen) atoms. The molecule has 0 heterocycles. The summed E-state index contributed by atoms with van der Waals surface area (Å²) in [4.78, 5) is 47.6. The lowest BCUT2D eigenvalue weighted by molar-refractivity contribution is 0.0592. The van der Waals surface area contributed by atoms with Crippen molar-refractivity contribution in [1.29, 1.82) is 0 Å². The van der Waals surface area contributed by atoms with Gasteiger partial charge in [0.05, 0.1) is 37.8 Å². The Bertz CT molecular complexity index is 1240. The van der Waals surface area contributed by atoms with E-state index in [9.17, 15) is 19.2 Å². The van der Waals surface area contributed by atoms with Crippen LogP contribution in [0, 0.1) is 11.8 Å². The van der Waals surface area contributed by atoms with E-state index in [-0.39, 0.29) is 24.1 Å². The second kappa shape index (κ2) is 16.9. The maximum atomic E-state index is 12.3. The number of hydrazone groups is 2. The van der Waals surface area contributed by atoms with Crippen LogP contribution < -0.4 is 21.5 Å². The third-order valence-electron chi connectivity index (χ3n) is 8.45. The zero-order chi connectivity index (χ0) is 32.0. The number of benzene rings is 2. The summed E-state index contributed by atoms with van der Waals surface area (Å²) in [6, 6.07) is 13.1. The van der Waals surface area contributed by atoms with Gasteiger partial charge in [-0.1, -0.05) is 24.3 Å². The van der Waals surface area contributed by atoms with Crippen LogP contribution in [-0.2, 0) is 9.47 Å². The van der Waals surface area contributed by atoms with E-state index in [4.69, 9.17) is 0 Å². The fourth-order valence-corrected chi connectivity index (χ4v) is 5.97. The summed E-state index contributed by atoms with van der Waals surface area (Å²) >= 11 is 0. The fraction of sp³-hybridized carbons (Fsp3) is 0.455. The summed E-state index contributed by atoms with van der Waals surface area (Å²) in [5.74, 6) is 0.510. The minimum absolute atomic E-state index is 0.135. The number of hydrogen-bond acceptors (Lipinski definition) is 8. The SMILES string of the molecule is COC(=O)c1ccc(/C=N\NC(=O)NC2CCC(CC3CCC(NC(=O)N/N=C/c4ccc(C(=O)OC)cc4)CC3)CC2)cc1. The summed E-state index contributed by atoms with van der Waals surface area (Å²) in [7, 11) is 2.67. The summed E-state index contributed by atoms with van der Waals surface area (Å²) < 4.78 is 9.37. The highest BCUT2D eigenvalue weighted by molar-refractivity contribution is 5.91. The Balaban J connectivity index is 1.07. The van der Waals surface area contributed by atoms with Crippen LogP contribution in [0.2, 0.25) is 0 Å². The van der Waals surface area contributed by atoms with Crippen molar-refractivity contribution in [3.8, 4) is 0 Å². The van der Waals surface area contributed by atoms with Crippen LogP contribution in [0.5, 0.6) is 0 Å². The maximum absolute atomic E-state index is 12.3. The van der Waals surface area contributed by atoms with Crippen LogP contribution in [0.1, 0.15) is 89.6 Å². The first-order chi connectivity index (χ1) is 21.8. The molecule has 12 nitrogen and oxygen atoms in total. The zero-order valence-corrected chi connectivity index (χ0v) is 25.8. The average molecular weight is 619 g/mol. The molecule has 2 aromatic carbocycles. The number of ether oxygens (including phenoxy) is 2.